The highest BCUT2D eigenvalue weighted by Crippen LogP contribution is 2.27. The van der Waals surface area contributed by atoms with E-state index in [0.29, 0.717) is 23.5 Å². The van der Waals surface area contributed by atoms with Crippen molar-refractivity contribution >= 4 is 17.6 Å². The third-order valence-corrected chi connectivity index (χ3v) is 3.28. The van der Waals surface area contributed by atoms with Crippen LogP contribution in [0.15, 0.2) is 48.3 Å². The van der Waals surface area contributed by atoms with Gasteiger partial charge in [0.25, 0.3) is 0 Å². The Hall–Kier alpha value is -2.75. The van der Waals surface area contributed by atoms with Crippen LogP contribution in [0.4, 0.5) is 0 Å². The molecule has 21 heavy (non-hydrogen) atoms. The number of ketones is 2. The van der Waals surface area contributed by atoms with Crippen molar-refractivity contribution in [2.45, 2.75) is 6.92 Å². The largest absolute Gasteiger partial charge is 0.494 e. The highest BCUT2D eigenvalue weighted by Gasteiger charge is 2.32. The molecular weight excluding hydrogens is 266 g/mol. The lowest BCUT2D eigenvalue weighted by Gasteiger charge is -2.03. The molecule has 4 heteroatoms. The van der Waals surface area contributed by atoms with Gasteiger partial charge in [-0.3, -0.25) is 14.6 Å². The first-order valence-electron chi connectivity index (χ1n) is 6.68. The van der Waals surface area contributed by atoms with Gasteiger partial charge in [-0.15, -0.1) is 0 Å². The second kappa shape index (κ2) is 5.32. The van der Waals surface area contributed by atoms with E-state index in [0.717, 1.165) is 5.56 Å². The van der Waals surface area contributed by atoms with Crippen molar-refractivity contribution in [1.29, 1.82) is 0 Å². The van der Waals surface area contributed by atoms with Crippen LogP contribution in [0.3, 0.4) is 0 Å². The van der Waals surface area contributed by atoms with Crippen LogP contribution in [0.2, 0.25) is 0 Å². The topological polar surface area (TPSA) is 56.3 Å². The van der Waals surface area contributed by atoms with Crippen molar-refractivity contribution in [2.75, 3.05) is 6.61 Å². The SMILES string of the molecule is CCOc1cccc(/C=C2\C(=O)c3ccncc3C2=O)c1. The summed E-state index contributed by atoms with van der Waals surface area (Å²) in [5.41, 5.74) is 1.72. The fourth-order valence-electron chi connectivity index (χ4n) is 2.33. The molecule has 0 saturated heterocycles. The summed E-state index contributed by atoms with van der Waals surface area (Å²) in [6, 6.07) is 8.88. The summed E-state index contributed by atoms with van der Waals surface area (Å²) in [7, 11) is 0. The monoisotopic (exact) mass is 279 g/mol. The third-order valence-electron chi connectivity index (χ3n) is 3.28. The Kier molecular flexibility index (Phi) is 3.36. The molecule has 0 atom stereocenters. The molecule has 0 bridgehead atoms. The lowest BCUT2D eigenvalue weighted by Crippen LogP contribution is -2.00. The van der Waals surface area contributed by atoms with Crippen LogP contribution in [0.1, 0.15) is 33.2 Å². The summed E-state index contributed by atoms with van der Waals surface area (Å²) in [5, 5.41) is 0. The number of hydrogen-bond acceptors (Lipinski definition) is 4. The Labute approximate surface area is 122 Å². The number of hydrogen-bond donors (Lipinski definition) is 0. The number of ether oxygens (including phenoxy) is 1. The number of pyridine rings is 1. The number of Topliss-reactive ketones (excluding diaryl/α,β-unsaturated/α-hetero) is 2. The highest BCUT2D eigenvalue weighted by molar-refractivity contribution is 6.41. The number of rotatable bonds is 3. The average molecular weight is 279 g/mol. The zero-order chi connectivity index (χ0) is 14.8. The predicted molar refractivity (Wildman–Crippen MR) is 78.5 cm³/mol. The zero-order valence-corrected chi connectivity index (χ0v) is 11.5. The number of allylic oxidation sites excluding steroid dienone is 1. The molecule has 1 aromatic carbocycles. The van der Waals surface area contributed by atoms with Gasteiger partial charge in [-0.1, -0.05) is 12.1 Å². The Bertz CT molecular complexity index is 725. The number of nitrogens with zero attached hydrogens (tertiary/aromatic N) is 1. The minimum atomic E-state index is -0.273. The molecule has 3 rings (SSSR count). The van der Waals surface area contributed by atoms with E-state index >= 15 is 0 Å². The Morgan fingerprint density at radius 1 is 1.14 bits per heavy atom. The summed E-state index contributed by atoms with van der Waals surface area (Å²) < 4.78 is 5.42. The zero-order valence-electron chi connectivity index (χ0n) is 11.5. The smallest absolute Gasteiger partial charge is 0.199 e. The fourth-order valence-corrected chi connectivity index (χ4v) is 2.33. The van der Waals surface area contributed by atoms with Gasteiger partial charge in [0.1, 0.15) is 5.75 Å². The highest BCUT2D eigenvalue weighted by atomic mass is 16.5. The van der Waals surface area contributed by atoms with Crippen LogP contribution in [-0.4, -0.2) is 23.2 Å². The van der Waals surface area contributed by atoms with E-state index < -0.39 is 0 Å². The van der Waals surface area contributed by atoms with Gasteiger partial charge in [0.2, 0.25) is 0 Å². The van der Waals surface area contributed by atoms with Crippen molar-refractivity contribution in [3.63, 3.8) is 0 Å². The van der Waals surface area contributed by atoms with E-state index in [2.05, 4.69) is 4.98 Å². The molecule has 0 fully saturated rings. The van der Waals surface area contributed by atoms with Crippen molar-refractivity contribution in [3.8, 4) is 5.75 Å². The van der Waals surface area contributed by atoms with Gasteiger partial charge in [0.15, 0.2) is 11.6 Å². The molecule has 0 unspecified atom stereocenters. The molecule has 0 aliphatic heterocycles. The first kappa shape index (κ1) is 13.2. The van der Waals surface area contributed by atoms with E-state index in [9.17, 15) is 9.59 Å². The summed E-state index contributed by atoms with van der Waals surface area (Å²) in [6.07, 6.45) is 4.56. The van der Waals surface area contributed by atoms with Crippen molar-refractivity contribution in [2.24, 2.45) is 0 Å². The molecule has 0 saturated carbocycles. The first-order valence-corrected chi connectivity index (χ1v) is 6.68. The Morgan fingerprint density at radius 3 is 2.71 bits per heavy atom. The van der Waals surface area contributed by atoms with Gasteiger partial charge < -0.3 is 4.74 Å². The fraction of sp³-hybridized carbons (Fsp3) is 0.118. The number of carbonyl (C=O) groups excluding carboxylic acids is 2. The second-order valence-electron chi connectivity index (χ2n) is 4.64. The number of benzene rings is 1. The maximum atomic E-state index is 12.3. The van der Waals surface area contributed by atoms with E-state index in [1.165, 1.54) is 12.4 Å². The van der Waals surface area contributed by atoms with Crippen LogP contribution in [0.25, 0.3) is 6.08 Å². The number of fused-ring (bicyclic) bond motifs is 1. The molecule has 0 N–H and O–H groups in total. The van der Waals surface area contributed by atoms with E-state index in [1.807, 2.05) is 25.1 Å². The molecular formula is C17H13NO3. The molecule has 1 aliphatic rings. The summed E-state index contributed by atoms with van der Waals surface area (Å²) in [4.78, 5) is 28.4. The number of carbonyl (C=O) groups is 2. The van der Waals surface area contributed by atoms with Crippen molar-refractivity contribution in [1.82, 2.24) is 4.98 Å². The molecule has 0 amide bonds. The predicted octanol–water partition coefficient (Wildman–Crippen LogP) is 2.94. The van der Waals surface area contributed by atoms with Gasteiger partial charge in [-0.2, -0.15) is 0 Å². The van der Waals surface area contributed by atoms with E-state index in [4.69, 9.17) is 4.74 Å². The van der Waals surface area contributed by atoms with Crippen LogP contribution in [0.5, 0.6) is 5.75 Å². The Balaban J connectivity index is 2.00. The molecule has 4 nitrogen and oxygen atoms in total. The summed E-state index contributed by atoms with van der Waals surface area (Å²) in [5.74, 6) is 0.188. The Morgan fingerprint density at radius 2 is 1.95 bits per heavy atom. The molecule has 2 aromatic rings. The molecule has 0 radical (unpaired) electrons. The van der Waals surface area contributed by atoms with Gasteiger partial charge in [0, 0.05) is 18.0 Å². The summed E-state index contributed by atoms with van der Waals surface area (Å²) >= 11 is 0. The first-order chi connectivity index (χ1) is 10.2. The molecule has 104 valence electrons. The lowest BCUT2D eigenvalue weighted by molar-refractivity contribution is 0.0990. The normalized spacial score (nSPS) is 15.4. The summed E-state index contributed by atoms with van der Waals surface area (Å²) in [6.45, 7) is 2.47. The number of aromatic nitrogens is 1. The van der Waals surface area contributed by atoms with Gasteiger partial charge in [-0.05, 0) is 36.8 Å². The van der Waals surface area contributed by atoms with Gasteiger partial charge in [0.05, 0.1) is 17.7 Å². The molecule has 1 heterocycles. The third kappa shape index (κ3) is 2.36. The van der Waals surface area contributed by atoms with Crippen LogP contribution in [0, 0.1) is 0 Å². The van der Waals surface area contributed by atoms with Crippen molar-refractivity contribution in [3.05, 3.63) is 65.0 Å². The van der Waals surface area contributed by atoms with Crippen molar-refractivity contribution < 1.29 is 14.3 Å². The standard InChI is InChI=1S/C17H13NO3/c1-2-21-12-5-3-4-11(8-12)9-14-16(19)13-6-7-18-10-15(13)17(14)20/h3-10H,2H2,1H3/b14-9+. The minimum Gasteiger partial charge on any atom is -0.494 e. The van der Waals surface area contributed by atoms with Crippen LogP contribution in [-0.2, 0) is 0 Å². The van der Waals surface area contributed by atoms with E-state index in [-0.39, 0.29) is 17.1 Å². The molecule has 0 spiro atoms. The van der Waals surface area contributed by atoms with Gasteiger partial charge in [-0.25, -0.2) is 0 Å². The quantitative estimate of drug-likeness (QED) is 0.640. The molecule has 1 aliphatic carbocycles. The maximum Gasteiger partial charge on any atom is 0.199 e. The van der Waals surface area contributed by atoms with Gasteiger partial charge >= 0.3 is 0 Å². The second-order valence-corrected chi connectivity index (χ2v) is 4.64. The maximum absolute atomic E-state index is 12.3. The lowest BCUT2D eigenvalue weighted by atomic mass is 10.1. The van der Waals surface area contributed by atoms with Crippen LogP contribution < -0.4 is 4.74 Å². The molecule has 1 aromatic heterocycles. The van der Waals surface area contributed by atoms with Crippen LogP contribution >= 0.6 is 0 Å². The average Bonchev–Trinajstić information content (AvgIpc) is 2.74. The van der Waals surface area contributed by atoms with E-state index in [1.54, 1.807) is 18.2 Å². The minimum absolute atomic E-state index is 0.173.